The molecule has 0 bridgehead atoms. The predicted octanol–water partition coefficient (Wildman–Crippen LogP) is 2.30. The molecular weight excluding hydrogens is 250 g/mol. The molecule has 0 aromatic heterocycles. The number of benzene rings is 1. The third-order valence-corrected chi connectivity index (χ3v) is 3.81. The second-order valence-corrected chi connectivity index (χ2v) is 6.46. The van der Waals surface area contributed by atoms with E-state index in [0.29, 0.717) is 11.3 Å². The summed E-state index contributed by atoms with van der Waals surface area (Å²) in [6, 6.07) is 8.93. The fraction of sp³-hybridized carbons (Fsp3) is 0.462. The molecule has 1 aromatic rings. The minimum Gasteiger partial charge on any atom is -0.491 e. The van der Waals surface area contributed by atoms with Gasteiger partial charge in [0.25, 0.3) is 0 Å². The molecule has 0 atom stereocenters. The van der Waals surface area contributed by atoms with Crippen LogP contribution in [0.5, 0.6) is 5.75 Å². The van der Waals surface area contributed by atoms with E-state index in [-0.39, 0.29) is 24.0 Å². The van der Waals surface area contributed by atoms with E-state index in [0.717, 1.165) is 0 Å². The zero-order valence-corrected chi connectivity index (χ0v) is 11.4. The van der Waals surface area contributed by atoms with Crippen LogP contribution in [0, 0.1) is 11.3 Å². The first-order valence-corrected chi connectivity index (χ1v) is 7.58. The molecule has 0 saturated heterocycles. The van der Waals surface area contributed by atoms with Crippen molar-refractivity contribution in [1.82, 2.24) is 0 Å². The lowest BCUT2D eigenvalue weighted by Gasteiger charge is -2.14. The van der Waals surface area contributed by atoms with Gasteiger partial charge in [-0.25, -0.2) is 8.42 Å². The van der Waals surface area contributed by atoms with Crippen molar-refractivity contribution in [3.8, 4) is 11.8 Å². The van der Waals surface area contributed by atoms with Gasteiger partial charge in [0.05, 0.1) is 23.7 Å². The molecule has 0 fully saturated rings. The lowest BCUT2D eigenvalue weighted by atomic mass is 10.2. The van der Waals surface area contributed by atoms with Crippen LogP contribution in [-0.4, -0.2) is 20.3 Å². The van der Waals surface area contributed by atoms with E-state index in [1.807, 2.05) is 26.0 Å². The number of para-hydroxylation sites is 1. The molecule has 18 heavy (non-hydrogen) atoms. The van der Waals surface area contributed by atoms with Gasteiger partial charge in [-0.3, -0.25) is 0 Å². The molecule has 0 saturated carbocycles. The Morgan fingerprint density at radius 3 is 2.61 bits per heavy atom. The zero-order chi connectivity index (χ0) is 13.6. The van der Waals surface area contributed by atoms with Gasteiger partial charge in [0.1, 0.15) is 5.75 Å². The smallest absolute Gasteiger partial charge is 0.155 e. The van der Waals surface area contributed by atoms with E-state index >= 15 is 0 Å². The van der Waals surface area contributed by atoms with Crippen LogP contribution in [0.1, 0.15) is 25.8 Å². The van der Waals surface area contributed by atoms with Gasteiger partial charge in [0, 0.05) is 12.0 Å². The Bertz CT molecular complexity index is 529. The number of ether oxygens (including phenoxy) is 1. The van der Waals surface area contributed by atoms with E-state index in [1.54, 1.807) is 18.2 Å². The van der Waals surface area contributed by atoms with E-state index in [4.69, 9.17) is 10.00 Å². The van der Waals surface area contributed by atoms with E-state index in [1.165, 1.54) is 0 Å². The molecule has 0 aliphatic carbocycles. The topological polar surface area (TPSA) is 67.2 Å². The van der Waals surface area contributed by atoms with Crippen LogP contribution in [0.3, 0.4) is 0 Å². The van der Waals surface area contributed by atoms with Crippen LogP contribution in [0.4, 0.5) is 0 Å². The Hall–Kier alpha value is -1.54. The molecule has 0 unspecified atom stereocenters. The molecule has 0 N–H and O–H groups in total. The minimum atomic E-state index is -3.26. The van der Waals surface area contributed by atoms with Crippen molar-refractivity contribution in [1.29, 1.82) is 5.26 Å². The Balaban J connectivity index is 2.87. The Morgan fingerprint density at radius 1 is 1.33 bits per heavy atom. The highest BCUT2D eigenvalue weighted by Gasteiger charge is 2.15. The molecule has 5 heteroatoms. The van der Waals surface area contributed by atoms with E-state index in [9.17, 15) is 8.42 Å². The molecule has 0 aliphatic rings. The third-order valence-electron chi connectivity index (χ3n) is 2.24. The van der Waals surface area contributed by atoms with Gasteiger partial charge in [-0.1, -0.05) is 18.2 Å². The summed E-state index contributed by atoms with van der Waals surface area (Å²) >= 11 is 0. The maximum absolute atomic E-state index is 11.8. The predicted molar refractivity (Wildman–Crippen MR) is 69.9 cm³/mol. The van der Waals surface area contributed by atoms with Crippen LogP contribution in [-0.2, 0) is 15.6 Å². The molecule has 0 radical (unpaired) electrons. The first-order valence-electron chi connectivity index (χ1n) is 5.76. The van der Waals surface area contributed by atoms with Gasteiger partial charge < -0.3 is 4.74 Å². The molecule has 0 spiro atoms. The van der Waals surface area contributed by atoms with Gasteiger partial charge in [-0.05, 0) is 19.9 Å². The molecule has 0 aliphatic heterocycles. The number of nitrogens with zero attached hydrogens (tertiary/aromatic N) is 1. The Morgan fingerprint density at radius 2 is 2.00 bits per heavy atom. The third kappa shape index (κ3) is 4.76. The largest absolute Gasteiger partial charge is 0.491 e. The molecule has 98 valence electrons. The fourth-order valence-corrected chi connectivity index (χ4v) is 2.76. The SMILES string of the molecule is CC(C)Oc1ccccc1CS(=O)(=O)CCC#N. The van der Waals surface area contributed by atoms with Gasteiger partial charge in [-0.15, -0.1) is 0 Å². The average Bonchev–Trinajstić information content (AvgIpc) is 2.28. The van der Waals surface area contributed by atoms with Gasteiger partial charge in [0.2, 0.25) is 0 Å². The standard InChI is InChI=1S/C13H17NO3S/c1-11(2)17-13-7-4-3-6-12(13)10-18(15,16)9-5-8-14/h3-4,6-7,11H,5,9-10H2,1-2H3. The van der Waals surface area contributed by atoms with Crippen molar-refractivity contribution in [3.05, 3.63) is 29.8 Å². The fourth-order valence-electron chi connectivity index (χ4n) is 1.50. The van der Waals surface area contributed by atoms with Gasteiger partial charge in [0.15, 0.2) is 9.84 Å². The van der Waals surface area contributed by atoms with Crippen LogP contribution >= 0.6 is 0 Å². The monoisotopic (exact) mass is 267 g/mol. The normalized spacial score (nSPS) is 11.2. The van der Waals surface area contributed by atoms with E-state index < -0.39 is 9.84 Å². The molecule has 0 heterocycles. The Kier molecular flexibility index (Phi) is 5.17. The van der Waals surface area contributed by atoms with Crippen molar-refractivity contribution in [2.75, 3.05) is 5.75 Å². The second kappa shape index (κ2) is 6.41. The highest BCUT2D eigenvalue weighted by Crippen LogP contribution is 2.22. The van der Waals surface area contributed by atoms with Crippen molar-refractivity contribution >= 4 is 9.84 Å². The summed E-state index contributed by atoms with van der Waals surface area (Å²) in [6.07, 6.45) is 0.0168. The van der Waals surface area contributed by atoms with E-state index in [2.05, 4.69) is 0 Å². The number of nitriles is 1. The summed E-state index contributed by atoms with van der Waals surface area (Å²) < 4.78 is 29.1. The summed E-state index contributed by atoms with van der Waals surface area (Å²) in [4.78, 5) is 0. The van der Waals surface area contributed by atoms with Gasteiger partial charge in [-0.2, -0.15) is 5.26 Å². The second-order valence-electron chi connectivity index (χ2n) is 4.27. The summed E-state index contributed by atoms with van der Waals surface area (Å²) in [6.45, 7) is 3.78. The quantitative estimate of drug-likeness (QED) is 0.793. The molecular formula is C13H17NO3S. The lowest BCUT2D eigenvalue weighted by Crippen LogP contribution is -2.12. The number of rotatable bonds is 6. The molecule has 1 rings (SSSR count). The highest BCUT2D eigenvalue weighted by atomic mass is 32.2. The van der Waals surface area contributed by atoms with Gasteiger partial charge >= 0.3 is 0 Å². The average molecular weight is 267 g/mol. The van der Waals surface area contributed by atoms with Crippen LogP contribution in [0.15, 0.2) is 24.3 Å². The number of sulfone groups is 1. The first kappa shape index (κ1) is 14.5. The summed E-state index contributed by atoms with van der Waals surface area (Å²) in [7, 11) is -3.26. The summed E-state index contributed by atoms with van der Waals surface area (Å²) in [5, 5.41) is 8.43. The molecule has 4 nitrogen and oxygen atoms in total. The van der Waals surface area contributed by atoms with Crippen molar-refractivity contribution in [2.45, 2.75) is 32.1 Å². The van der Waals surface area contributed by atoms with Crippen molar-refractivity contribution in [3.63, 3.8) is 0 Å². The maximum atomic E-state index is 11.8. The van der Waals surface area contributed by atoms with Crippen LogP contribution in [0.25, 0.3) is 0 Å². The van der Waals surface area contributed by atoms with Crippen LogP contribution < -0.4 is 4.74 Å². The summed E-state index contributed by atoms with van der Waals surface area (Å²) in [5.41, 5.74) is 0.643. The van der Waals surface area contributed by atoms with Crippen molar-refractivity contribution in [2.24, 2.45) is 0 Å². The Labute approximate surface area is 108 Å². The number of hydrogen-bond donors (Lipinski definition) is 0. The first-order chi connectivity index (χ1) is 8.44. The summed E-state index contributed by atoms with van der Waals surface area (Å²) in [5.74, 6) is 0.393. The van der Waals surface area contributed by atoms with Crippen LogP contribution in [0.2, 0.25) is 0 Å². The number of hydrogen-bond acceptors (Lipinski definition) is 4. The maximum Gasteiger partial charge on any atom is 0.155 e. The molecule has 0 amide bonds. The highest BCUT2D eigenvalue weighted by molar-refractivity contribution is 7.90. The minimum absolute atomic E-state index is 0.00652. The van der Waals surface area contributed by atoms with Crippen molar-refractivity contribution < 1.29 is 13.2 Å². The lowest BCUT2D eigenvalue weighted by molar-refractivity contribution is 0.240. The zero-order valence-electron chi connectivity index (χ0n) is 10.6. The molecule has 1 aromatic carbocycles.